The van der Waals surface area contributed by atoms with Gasteiger partial charge in [0, 0.05) is 24.2 Å². The van der Waals surface area contributed by atoms with Crippen LogP contribution in [0.3, 0.4) is 0 Å². The van der Waals surface area contributed by atoms with E-state index in [-0.39, 0.29) is 18.0 Å². The van der Waals surface area contributed by atoms with Crippen molar-refractivity contribution in [1.29, 1.82) is 0 Å². The molecule has 18 heavy (non-hydrogen) atoms. The van der Waals surface area contributed by atoms with E-state index in [4.69, 9.17) is 5.11 Å². The van der Waals surface area contributed by atoms with E-state index in [0.29, 0.717) is 6.04 Å². The molecule has 1 N–H and O–H groups in total. The van der Waals surface area contributed by atoms with E-state index in [1.807, 2.05) is 7.05 Å². The first kappa shape index (κ1) is 15.4. The SMILES string of the molecule is CCC(C)N1CC(CC(=O)O)N(C)CCC1(C)C. The van der Waals surface area contributed by atoms with Crippen LogP contribution < -0.4 is 0 Å². The van der Waals surface area contributed by atoms with Crippen LogP contribution >= 0.6 is 0 Å². The number of likely N-dealkylation sites (N-methyl/N-ethyl adjacent to an activating group) is 1. The van der Waals surface area contributed by atoms with Gasteiger partial charge in [-0.1, -0.05) is 6.92 Å². The van der Waals surface area contributed by atoms with E-state index < -0.39 is 5.97 Å². The van der Waals surface area contributed by atoms with Gasteiger partial charge in [-0.25, -0.2) is 0 Å². The van der Waals surface area contributed by atoms with E-state index in [2.05, 4.69) is 37.5 Å². The van der Waals surface area contributed by atoms with Crippen molar-refractivity contribution in [2.45, 2.75) is 64.6 Å². The molecule has 2 unspecified atom stereocenters. The smallest absolute Gasteiger partial charge is 0.304 e. The van der Waals surface area contributed by atoms with Gasteiger partial charge in [0.1, 0.15) is 0 Å². The molecule has 0 aliphatic carbocycles. The summed E-state index contributed by atoms with van der Waals surface area (Å²) in [6.45, 7) is 10.8. The Kier molecular flexibility index (Phi) is 5.17. The molecule has 1 heterocycles. The Bertz CT molecular complexity index is 292. The molecule has 0 aromatic carbocycles. The predicted octanol–water partition coefficient (Wildman–Crippen LogP) is 2.04. The summed E-state index contributed by atoms with van der Waals surface area (Å²) in [5.74, 6) is -0.698. The van der Waals surface area contributed by atoms with Crippen molar-refractivity contribution >= 4 is 5.97 Å². The second kappa shape index (κ2) is 6.02. The summed E-state index contributed by atoms with van der Waals surface area (Å²) in [4.78, 5) is 15.7. The number of carbonyl (C=O) groups is 1. The van der Waals surface area contributed by atoms with Gasteiger partial charge in [0.05, 0.1) is 6.42 Å². The maximum atomic E-state index is 11.0. The highest BCUT2D eigenvalue weighted by atomic mass is 16.4. The molecule has 1 fully saturated rings. The van der Waals surface area contributed by atoms with Crippen molar-refractivity contribution in [3.63, 3.8) is 0 Å². The van der Waals surface area contributed by atoms with E-state index in [1.54, 1.807) is 0 Å². The summed E-state index contributed by atoms with van der Waals surface area (Å²) >= 11 is 0. The maximum absolute atomic E-state index is 11.0. The molecule has 0 aromatic rings. The van der Waals surface area contributed by atoms with Gasteiger partial charge in [0.15, 0.2) is 0 Å². The lowest BCUT2D eigenvalue weighted by Crippen LogP contribution is -2.51. The lowest BCUT2D eigenvalue weighted by atomic mass is 9.95. The third-order valence-electron chi connectivity index (χ3n) is 4.42. The summed E-state index contributed by atoms with van der Waals surface area (Å²) in [5.41, 5.74) is 0.150. The fraction of sp³-hybridized carbons (Fsp3) is 0.929. The number of carboxylic acid groups (broad SMARTS) is 1. The molecule has 1 aliphatic rings. The molecule has 0 amide bonds. The summed E-state index contributed by atoms with van der Waals surface area (Å²) < 4.78 is 0. The quantitative estimate of drug-likeness (QED) is 0.836. The molecule has 106 valence electrons. The molecule has 0 spiro atoms. The molecule has 4 heteroatoms. The third-order valence-corrected chi connectivity index (χ3v) is 4.42. The first-order valence-corrected chi connectivity index (χ1v) is 6.96. The second-order valence-electron chi connectivity index (χ2n) is 6.20. The number of rotatable bonds is 4. The van der Waals surface area contributed by atoms with Gasteiger partial charge in [-0.05, 0) is 47.2 Å². The molecule has 0 saturated carbocycles. The van der Waals surface area contributed by atoms with Crippen LogP contribution in [0.15, 0.2) is 0 Å². The van der Waals surface area contributed by atoms with Gasteiger partial charge in [-0.2, -0.15) is 0 Å². The molecular weight excluding hydrogens is 228 g/mol. The number of carboxylic acids is 1. The lowest BCUT2D eigenvalue weighted by Gasteiger charge is -2.42. The zero-order valence-corrected chi connectivity index (χ0v) is 12.4. The van der Waals surface area contributed by atoms with E-state index in [1.165, 1.54) is 0 Å². The van der Waals surface area contributed by atoms with Gasteiger partial charge in [0.25, 0.3) is 0 Å². The normalized spacial score (nSPS) is 27.7. The Hall–Kier alpha value is -0.610. The predicted molar refractivity (Wildman–Crippen MR) is 73.8 cm³/mol. The maximum Gasteiger partial charge on any atom is 0.304 e. The minimum atomic E-state index is -0.698. The molecule has 1 saturated heterocycles. The van der Waals surface area contributed by atoms with Crippen molar-refractivity contribution < 1.29 is 9.90 Å². The number of hydrogen-bond acceptors (Lipinski definition) is 3. The highest BCUT2D eigenvalue weighted by molar-refractivity contribution is 5.67. The van der Waals surface area contributed by atoms with Crippen LogP contribution in [0.25, 0.3) is 0 Å². The molecule has 2 atom stereocenters. The standard InChI is InChI=1S/C14H28N2O2/c1-6-11(2)16-10-12(9-13(17)18)15(5)8-7-14(16,3)4/h11-12H,6-10H2,1-5H3,(H,17,18). The van der Waals surface area contributed by atoms with Gasteiger partial charge in [0.2, 0.25) is 0 Å². The number of hydrogen-bond donors (Lipinski definition) is 1. The number of aliphatic carboxylic acids is 1. The van der Waals surface area contributed by atoms with Crippen LogP contribution in [-0.2, 0) is 4.79 Å². The highest BCUT2D eigenvalue weighted by Crippen LogP contribution is 2.28. The molecule has 1 aliphatic heterocycles. The minimum Gasteiger partial charge on any atom is -0.481 e. The van der Waals surface area contributed by atoms with E-state index in [9.17, 15) is 4.79 Å². The fourth-order valence-corrected chi connectivity index (χ4v) is 2.81. The Morgan fingerprint density at radius 2 is 2.11 bits per heavy atom. The molecule has 4 nitrogen and oxygen atoms in total. The van der Waals surface area contributed by atoms with E-state index in [0.717, 1.165) is 25.9 Å². The molecule has 0 bridgehead atoms. The largest absolute Gasteiger partial charge is 0.481 e. The van der Waals surface area contributed by atoms with Gasteiger partial charge < -0.3 is 10.0 Å². The van der Waals surface area contributed by atoms with Crippen LogP contribution in [0, 0.1) is 0 Å². The second-order valence-corrected chi connectivity index (χ2v) is 6.20. The highest BCUT2D eigenvalue weighted by Gasteiger charge is 2.36. The Morgan fingerprint density at radius 3 is 2.61 bits per heavy atom. The van der Waals surface area contributed by atoms with Crippen LogP contribution in [0.5, 0.6) is 0 Å². The minimum absolute atomic E-state index is 0.123. The summed E-state index contributed by atoms with van der Waals surface area (Å²) in [6, 6.07) is 0.626. The topological polar surface area (TPSA) is 43.8 Å². The zero-order chi connectivity index (χ0) is 13.9. The third kappa shape index (κ3) is 3.69. The van der Waals surface area contributed by atoms with Crippen LogP contribution in [0.4, 0.5) is 0 Å². The van der Waals surface area contributed by atoms with Crippen molar-refractivity contribution in [3.8, 4) is 0 Å². The Balaban J connectivity index is 2.88. The summed E-state index contributed by atoms with van der Waals surface area (Å²) in [6.07, 6.45) is 2.43. The summed E-state index contributed by atoms with van der Waals surface area (Å²) in [7, 11) is 2.05. The lowest BCUT2D eigenvalue weighted by molar-refractivity contribution is -0.138. The zero-order valence-electron chi connectivity index (χ0n) is 12.4. The Morgan fingerprint density at radius 1 is 1.50 bits per heavy atom. The average Bonchev–Trinajstić information content (AvgIpc) is 2.38. The fourth-order valence-electron chi connectivity index (χ4n) is 2.81. The van der Waals surface area contributed by atoms with Crippen LogP contribution in [0.1, 0.15) is 47.0 Å². The number of nitrogens with zero attached hydrogens (tertiary/aromatic N) is 2. The Labute approximate surface area is 111 Å². The molecule has 1 rings (SSSR count). The monoisotopic (exact) mass is 256 g/mol. The molecular formula is C14H28N2O2. The van der Waals surface area contributed by atoms with Crippen molar-refractivity contribution in [3.05, 3.63) is 0 Å². The first-order valence-electron chi connectivity index (χ1n) is 6.96. The van der Waals surface area contributed by atoms with Gasteiger partial charge in [-0.3, -0.25) is 9.69 Å². The molecule has 0 radical (unpaired) electrons. The van der Waals surface area contributed by atoms with E-state index >= 15 is 0 Å². The first-order chi connectivity index (χ1) is 8.27. The van der Waals surface area contributed by atoms with Gasteiger partial charge >= 0.3 is 5.97 Å². The van der Waals surface area contributed by atoms with Crippen molar-refractivity contribution in [2.75, 3.05) is 20.1 Å². The molecule has 0 aromatic heterocycles. The average molecular weight is 256 g/mol. The van der Waals surface area contributed by atoms with Crippen LogP contribution in [-0.4, -0.2) is 58.6 Å². The van der Waals surface area contributed by atoms with Crippen molar-refractivity contribution in [1.82, 2.24) is 9.80 Å². The van der Waals surface area contributed by atoms with Gasteiger partial charge in [-0.15, -0.1) is 0 Å². The van der Waals surface area contributed by atoms with Crippen LogP contribution in [0.2, 0.25) is 0 Å². The van der Waals surface area contributed by atoms with Crippen molar-refractivity contribution in [2.24, 2.45) is 0 Å². The summed E-state index contributed by atoms with van der Waals surface area (Å²) in [5, 5.41) is 9.04.